The standard InChI is InChI=1S/C13H8Cl3FN2S/c14-6-1-2-8(13(18)20)11(3-6)19-7-4-9(15)12(17)10(16)5-7/h1-5,19H,(H2,18,20). The number of hydrogen-bond donors (Lipinski definition) is 2. The number of hydrogen-bond acceptors (Lipinski definition) is 2. The third-order valence-electron chi connectivity index (χ3n) is 2.51. The van der Waals surface area contributed by atoms with Crippen LogP contribution in [0.5, 0.6) is 0 Å². The molecule has 7 heteroatoms. The number of benzene rings is 2. The maximum Gasteiger partial charge on any atom is 0.160 e. The maximum absolute atomic E-state index is 13.4. The summed E-state index contributed by atoms with van der Waals surface area (Å²) in [4.78, 5) is 0.212. The molecule has 104 valence electrons. The Balaban J connectivity index is 2.44. The van der Waals surface area contributed by atoms with Crippen molar-refractivity contribution in [1.29, 1.82) is 0 Å². The lowest BCUT2D eigenvalue weighted by molar-refractivity contribution is 0.629. The molecule has 0 radical (unpaired) electrons. The van der Waals surface area contributed by atoms with Crippen LogP contribution in [0.15, 0.2) is 30.3 Å². The Hall–Kier alpha value is -1.07. The number of rotatable bonds is 3. The molecule has 0 unspecified atom stereocenters. The van der Waals surface area contributed by atoms with E-state index in [4.69, 9.17) is 52.8 Å². The number of nitrogens with one attached hydrogen (secondary N) is 1. The number of halogens is 4. The first-order valence-electron chi connectivity index (χ1n) is 5.39. The summed E-state index contributed by atoms with van der Waals surface area (Å²) in [5.74, 6) is -0.667. The Morgan fingerprint density at radius 1 is 1.10 bits per heavy atom. The first-order chi connectivity index (χ1) is 9.38. The second-order valence-corrected chi connectivity index (χ2v) is 5.62. The van der Waals surface area contributed by atoms with Crippen LogP contribution in [0.2, 0.25) is 15.1 Å². The molecule has 2 nitrogen and oxygen atoms in total. The average Bonchev–Trinajstić information content (AvgIpc) is 2.35. The van der Waals surface area contributed by atoms with Gasteiger partial charge in [-0.25, -0.2) is 4.39 Å². The molecule has 0 aromatic heterocycles. The van der Waals surface area contributed by atoms with Gasteiger partial charge in [-0.2, -0.15) is 0 Å². The third-order valence-corrected chi connectivity index (χ3v) is 3.51. The zero-order chi connectivity index (χ0) is 14.9. The molecule has 0 saturated heterocycles. The fourth-order valence-corrected chi connectivity index (χ4v) is 2.46. The van der Waals surface area contributed by atoms with Gasteiger partial charge in [0, 0.05) is 16.3 Å². The van der Waals surface area contributed by atoms with Crippen molar-refractivity contribution in [3.63, 3.8) is 0 Å². The van der Waals surface area contributed by atoms with Crippen molar-refractivity contribution < 1.29 is 4.39 Å². The lowest BCUT2D eigenvalue weighted by Gasteiger charge is -2.12. The summed E-state index contributed by atoms with van der Waals surface area (Å²) in [6.07, 6.45) is 0. The normalized spacial score (nSPS) is 10.4. The Bertz CT molecular complexity index is 668. The van der Waals surface area contributed by atoms with Gasteiger partial charge < -0.3 is 11.1 Å². The molecule has 2 aromatic rings. The number of nitrogens with two attached hydrogens (primary N) is 1. The zero-order valence-corrected chi connectivity index (χ0v) is 13.0. The van der Waals surface area contributed by atoms with Gasteiger partial charge in [-0.15, -0.1) is 0 Å². The van der Waals surface area contributed by atoms with Crippen molar-refractivity contribution in [2.45, 2.75) is 0 Å². The van der Waals surface area contributed by atoms with Crippen LogP contribution in [0.3, 0.4) is 0 Å². The largest absolute Gasteiger partial charge is 0.389 e. The van der Waals surface area contributed by atoms with Crippen LogP contribution in [-0.4, -0.2) is 4.99 Å². The number of anilines is 2. The second-order valence-electron chi connectivity index (χ2n) is 3.93. The average molecular weight is 350 g/mol. The van der Waals surface area contributed by atoms with Gasteiger partial charge in [-0.05, 0) is 30.3 Å². The molecule has 0 spiro atoms. The molecule has 0 heterocycles. The van der Waals surface area contributed by atoms with E-state index in [1.807, 2.05) is 0 Å². The summed E-state index contributed by atoms with van der Waals surface area (Å²) >= 11 is 22.4. The SMILES string of the molecule is NC(=S)c1ccc(Cl)cc1Nc1cc(Cl)c(F)c(Cl)c1. The van der Waals surface area contributed by atoms with Crippen molar-refractivity contribution in [3.8, 4) is 0 Å². The lowest BCUT2D eigenvalue weighted by Crippen LogP contribution is -2.11. The molecular weight excluding hydrogens is 342 g/mol. The van der Waals surface area contributed by atoms with Crippen molar-refractivity contribution in [2.24, 2.45) is 5.73 Å². The summed E-state index contributed by atoms with van der Waals surface area (Å²) in [5, 5.41) is 3.35. The van der Waals surface area contributed by atoms with Crippen LogP contribution >= 0.6 is 47.0 Å². The van der Waals surface area contributed by atoms with E-state index < -0.39 is 5.82 Å². The molecule has 2 aromatic carbocycles. The molecule has 3 N–H and O–H groups in total. The van der Waals surface area contributed by atoms with E-state index in [2.05, 4.69) is 5.32 Å². The summed E-state index contributed by atoms with van der Waals surface area (Å²) in [7, 11) is 0. The van der Waals surface area contributed by atoms with Crippen molar-refractivity contribution in [1.82, 2.24) is 0 Å². The topological polar surface area (TPSA) is 38.0 Å². The van der Waals surface area contributed by atoms with Crippen LogP contribution in [0.4, 0.5) is 15.8 Å². The third kappa shape index (κ3) is 3.33. The summed E-state index contributed by atoms with van der Waals surface area (Å²) in [5.41, 5.74) is 7.34. The monoisotopic (exact) mass is 348 g/mol. The fourth-order valence-electron chi connectivity index (χ4n) is 1.62. The number of thiocarbonyl (C=S) groups is 1. The Labute approximate surface area is 135 Å². The van der Waals surface area contributed by atoms with Gasteiger partial charge in [0.2, 0.25) is 0 Å². The van der Waals surface area contributed by atoms with Gasteiger partial charge in [0.25, 0.3) is 0 Å². The first-order valence-corrected chi connectivity index (χ1v) is 6.93. The molecular formula is C13H8Cl3FN2S. The van der Waals surface area contributed by atoms with Crippen LogP contribution in [0.25, 0.3) is 0 Å². The smallest absolute Gasteiger partial charge is 0.160 e. The molecule has 2 rings (SSSR count). The molecule has 0 saturated carbocycles. The molecule has 20 heavy (non-hydrogen) atoms. The maximum atomic E-state index is 13.4. The summed E-state index contributed by atoms with van der Waals surface area (Å²) < 4.78 is 13.4. The van der Waals surface area contributed by atoms with E-state index in [9.17, 15) is 4.39 Å². The van der Waals surface area contributed by atoms with Crippen molar-refractivity contribution >= 4 is 63.4 Å². The molecule has 0 bridgehead atoms. The Kier molecular flexibility index (Phi) is 4.70. The van der Waals surface area contributed by atoms with Crippen LogP contribution in [-0.2, 0) is 0 Å². The second kappa shape index (κ2) is 6.14. The minimum atomic E-state index is -0.667. The molecule has 0 aliphatic rings. The predicted octanol–water partition coefficient (Wildman–Crippen LogP) is 5.16. The van der Waals surface area contributed by atoms with Gasteiger partial charge in [0.05, 0.1) is 15.7 Å². The summed E-state index contributed by atoms with van der Waals surface area (Å²) in [6.45, 7) is 0. The van der Waals surface area contributed by atoms with Gasteiger partial charge in [-0.3, -0.25) is 0 Å². The highest BCUT2D eigenvalue weighted by atomic mass is 35.5. The van der Waals surface area contributed by atoms with Gasteiger partial charge in [0.15, 0.2) is 5.82 Å². The highest BCUT2D eigenvalue weighted by Gasteiger charge is 2.10. The quantitative estimate of drug-likeness (QED) is 0.593. The minimum Gasteiger partial charge on any atom is -0.389 e. The van der Waals surface area contributed by atoms with E-state index >= 15 is 0 Å². The van der Waals surface area contributed by atoms with Gasteiger partial charge in [0.1, 0.15) is 4.99 Å². The Morgan fingerprint density at radius 2 is 1.70 bits per heavy atom. The van der Waals surface area contributed by atoms with Gasteiger partial charge in [-0.1, -0.05) is 47.0 Å². The summed E-state index contributed by atoms with van der Waals surface area (Å²) in [6, 6.07) is 7.84. The lowest BCUT2D eigenvalue weighted by atomic mass is 10.1. The van der Waals surface area contributed by atoms with Crippen LogP contribution in [0.1, 0.15) is 5.56 Å². The molecule has 0 amide bonds. The fraction of sp³-hybridized carbons (Fsp3) is 0. The van der Waals surface area contributed by atoms with Crippen molar-refractivity contribution in [3.05, 3.63) is 56.8 Å². The van der Waals surface area contributed by atoms with Crippen molar-refractivity contribution in [2.75, 3.05) is 5.32 Å². The van der Waals surface area contributed by atoms with Crippen LogP contribution < -0.4 is 11.1 Å². The predicted molar refractivity (Wildman–Crippen MR) is 87.0 cm³/mol. The zero-order valence-electron chi connectivity index (χ0n) is 9.88. The molecule has 0 aliphatic heterocycles. The Morgan fingerprint density at radius 3 is 2.25 bits per heavy atom. The first kappa shape index (κ1) is 15.3. The minimum absolute atomic E-state index is 0.0843. The van der Waals surface area contributed by atoms with E-state index in [0.29, 0.717) is 22.0 Å². The molecule has 0 aliphatic carbocycles. The van der Waals surface area contributed by atoms with E-state index in [1.54, 1.807) is 18.2 Å². The van der Waals surface area contributed by atoms with Gasteiger partial charge >= 0.3 is 0 Å². The molecule has 0 fully saturated rings. The van der Waals surface area contributed by atoms with E-state index in [0.717, 1.165) is 0 Å². The molecule has 0 atom stereocenters. The van der Waals surface area contributed by atoms with Crippen LogP contribution in [0, 0.1) is 5.82 Å². The van der Waals surface area contributed by atoms with E-state index in [-0.39, 0.29) is 15.0 Å². The highest BCUT2D eigenvalue weighted by molar-refractivity contribution is 7.80. The highest BCUT2D eigenvalue weighted by Crippen LogP contribution is 2.31. The van der Waals surface area contributed by atoms with E-state index in [1.165, 1.54) is 12.1 Å².